The van der Waals surface area contributed by atoms with E-state index < -0.39 is 21.6 Å². The van der Waals surface area contributed by atoms with Gasteiger partial charge in [0.15, 0.2) is 15.6 Å². The highest BCUT2D eigenvalue weighted by Crippen LogP contribution is 2.25. The van der Waals surface area contributed by atoms with Crippen LogP contribution in [-0.2, 0) is 9.84 Å². The van der Waals surface area contributed by atoms with Crippen molar-refractivity contribution in [2.75, 3.05) is 6.26 Å². The maximum atomic E-state index is 12.6. The topological polar surface area (TPSA) is 144 Å². The first-order chi connectivity index (χ1) is 14.2. The Morgan fingerprint density at radius 1 is 1.17 bits per heavy atom. The van der Waals surface area contributed by atoms with Crippen LogP contribution in [0.15, 0.2) is 64.5 Å². The summed E-state index contributed by atoms with van der Waals surface area (Å²) in [5.74, 6) is 0.0610. The van der Waals surface area contributed by atoms with Crippen molar-refractivity contribution in [2.45, 2.75) is 4.90 Å². The minimum atomic E-state index is -3.36. The van der Waals surface area contributed by atoms with Gasteiger partial charge in [-0.2, -0.15) is 5.10 Å². The predicted octanol–water partition coefficient (Wildman–Crippen LogP) is 2.24. The fraction of sp³-hybridized carbons (Fsp3) is 0.0526. The highest BCUT2D eigenvalue weighted by Gasteiger charge is 2.12. The van der Waals surface area contributed by atoms with Gasteiger partial charge < -0.3 is 9.84 Å². The summed E-state index contributed by atoms with van der Waals surface area (Å²) in [6, 6.07) is 11.4. The lowest BCUT2D eigenvalue weighted by Crippen LogP contribution is -2.14. The van der Waals surface area contributed by atoms with Crippen molar-refractivity contribution in [3.63, 3.8) is 0 Å². The number of H-pyrrole nitrogens is 1. The van der Waals surface area contributed by atoms with Gasteiger partial charge in [0.05, 0.1) is 28.2 Å². The molecule has 30 heavy (non-hydrogen) atoms. The van der Waals surface area contributed by atoms with Gasteiger partial charge in [0.25, 0.3) is 5.56 Å². The van der Waals surface area contributed by atoms with Gasteiger partial charge in [-0.25, -0.2) is 22.9 Å². The SMILES string of the molecule is CS(=O)(=O)c1cccc(-c2ccc3nc(-n4cc(OC(=O)O)cn4)[nH]c(=O)c3c2)c1. The minimum absolute atomic E-state index is 0.0219. The second-order valence-electron chi connectivity index (χ2n) is 6.41. The summed E-state index contributed by atoms with van der Waals surface area (Å²) < 4.78 is 29.3. The van der Waals surface area contributed by atoms with E-state index in [1.54, 1.807) is 36.4 Å². The van der Waals surface area contributed by atoms with Crippen LogP contribution in [0.3, 0.4) is 0 Å². The summed E-state index contributed by atoms with van der Waals surface area (Å²) in [6.45, 7) is 0. The second-order valence-corrected chi connectivity index (χ2v) is 8.43. The summed E-state index contributed by atoms with van der Waals surface area (Å²) in [5.41, 5.74) is 1.25. The summed E-state index contributed by atoms with van der Waals surface area (Å²) in [7, 11) is -3.36. The van der Waals surface area contributed by atoms with Gasteiger partial charge in [0.1, 0.15) is 0 Å². The smallest absolute Gasteiger partial charge is 0.449 e. The van der Waals surface area contributed by atoms with Crippen molar-refractivity contribution in [1.29, 1.82) is 0 Å². The van der Waals surface area contributed by atoms with E-state index in [1.165, 1.54) is 23.1 Å². The van der Waals surface area contributed by atoms with E-state index in [2.05, 4.69) is 19.8 Å². The molecule has 2 aromatic carbocycles. The third-order valence-corrected chi connectivity index (χ3v) is 5.38. The van der Waals surface area contributed by atoms with Gasteiger partial charge in [-0.1, -0.05) is 18.2 Å². The van der Waals surface area contributed by atoms with Gasteiger partial charge in [0.2, 0.25) is 5.95 Å². The van der Waals surface area contributed by atoms with Gasteiger partial charge in [-0.15, -0.1) is 0 Å². The van der Waals surface area contributed by atoms with Crippen LogP contribution in [0.1, 0.15) is 0 Å². The molecule has 0 unspecified atom stereocenters. The van der Waals surface area contributed by atoms with Crippen LogP contribution in [0.4, 0.5) is 4.79 Å². The zero-order valence-corrected chi connectivity index (χ0v) is 16.3. The third kappa shape index (κ3) is 3.78. The van der Waals surface area contributed by atoms with Gasteiger partial charge in [0, 0.05) is 6.26 Å². The molecule has 4 aromatic rings. The summed E-state index contributed by atoms with van der Waals surface area (Å²) in [5, 5.41) is 12.9. The molecule has 4 rings (SSSR count). The molecule has 0 fully saturated rings. The third-order valence-electron chi connectivity index (χ3n) is 4.27. The lowest BCUT2D eigenvalue weighted by atomic mass is 10.0. The average molecular weight is 426 g/mol. The molecule has 2 heterocycles. The van der Waals surface area contributed by atoms with Gasteiger partial charge in [-0.3, -0.25) is 9.78 Å². The molecule has 0 aliphatic rings. The molecular formula is C19H14N4O6S. The Morgan fingerprint density at radius 3 is 2.67 bits per heavy atom. The number of nitrogens with zero attached hydrogens (tertiary/aromatic N) is 3. The Bertz CT molecular complexity index is 1460. The summed E-state index contributed by atoms with van der Waals surface area (Å²) in [6.07, 6.45) is 2.09. The molecule has 11 heteroatoms. The number of hydrogen-bond donors (Lipinski definition) is 2. The number of benzene rings is 2. The quantitative estimate of drug-likeness (QED) is 0.473. The Kier molecular flexibility index (Phi) is 4.59. The molecule has 0 saturated carbocycles. The number of carboxylic acid groups (broad SMARTS) is 1. The summed E-state index contributed by atoms with van der Waals surface area (Å²) >= 11 is 0. The summed E-state index contributed by atoms with van der Waals surface area (Å²) in [4.78, 5) is 30.3. The van der Waals surface area contributed by atoms with E-state index in [4.69, 9.17) is 5.11 Å². The first-order valence-corrected chi connectivity index (χ1v) is 10.4. The zero-order valence-electron chi connectivity index (χ0n) is 15.4. The normalized spacial score (nSPS) is 11.5. The van der Waals surface area contributed by atoms with Crippen molar-refractivity contribution in [2.24, 2.45) is 0 Å². The van der Waals surface area contributed by atoms with Crippen molar-refractivity contribution >= 4 is 26.9 Å². The number of fused-ring (bicyclic) bond motifs is 1. The van der Waals surface area contributed by atoms with Gasteiger partial charge in [-0.05, 0) is 35.4 Å². The lowest BCUT2D eigenvalue weighted by molar-refractivity contribution is 0.144. The first-order valence-electron chi connectivity index (χ1n) is 8.51. The number of sulfone groups is 1. The molecule has 0 aliphatic heterocycles. The monoisotopic (exact) mass is 426 g/mol. The Labute approximate surface area is 169 Å². The molecule has 10 nitrogen and oxygen atoms in total. The molecule has 2 N–H and O–H groups in total. The molecule has 0 radical (unpaired) electrons. The molecule has 0 bridgehead atoms. The predicted molar refractivity (Wildman–Crippen MR) is 107 cm³/mol. The van der Waals surface area contributed by atoms with E-state index in [0.717, 1.165) is 6.26 Å². The second kappa shape index (κ2) is 7.12. The van der Waals surface area contributed by atoms with E-state index in [9.17, 15) is 18.0 Å². The van der Waals surface area contributed by atoms with Crippen molar-refractivity contribution in [3.05, 3.63) is 65.2 Å². The van der Waals surface area contributed by atoms with Crippen LogP contribution < -0.4 is 10.3 Å². The number of hydrogen-bond acceptors (Lipinski definition) is 7. The van der Waals surface area contributed by atoms with Crippen molar-refractivity contribution in [3.8, 4) is 22.8 Å². The Hall–Kier alpha value is -3.99. The van der Waals surface area contributed by atoms with E-state index in [1.807, 2.05) is 0 Å². The van der Waals surface area contributed by atoms with E-state index in [-0.39, 0.29) is 16.6 Å². The van der Waals surface area contributed by atoms with Crippen molar-refractivity contribution in [1.82, 2.24) is 19.7 Å². The van der Waals surface area contributed by atoms with Gasteiger partial charge >= 0.3 is 6.16 Å². The largest absolute Gasteiger partial charge is 0.511 e. The standard InChI is InChI=1S/C19H14N4O6S/c1-30(27,28)14-4-2-3-11(7-14)12-5-6-16-15(8-12)17(24)22-18(21-16)23-10-13(9-20-23)29-19(25)26/h2-10H,1H3,(H,25,26)(H,21,22,24). The number of nitrogens with one attached hydrogen (secondary N) is 1. The number of aromatic nitrogens is 4. The Balaban J connectivity index is 1.76. The van der Waals surface area contributed by atoms with E-state index in [0.29, 0.717) is 22.0 Å². The molecular weight excluding hydrogens is 412 g/mol. The number of rotatable bonds is 4. The molecule has 0 aliphatic carbocycles. The zero-order chi connectivity index (χ0) is 21.5. The Morgan fingerprint density at radius 2 is 1.93 bits per heavy atom. The number of ether oxygens (including phenoxy) is 1. The van der Waals surface area contributed by atoms with Crippen LogP contribution in [0.2, 0.25) is 0 Å². The fourth-order valence-electron chi connectivity index (χ4n) is 2.90. The highest BCUT2D eigenvalue weighted by atomic mass is 32.2. The maximum Gasteiger partial charge on any atom is 0.511 e. The average Bonchev–Trinajstić information content (AvgIpc) is 3.15. The van der Waals surface area contributed by atoms with Crippen molar-refractivity contribution < 1.29 is 23.1 Å². The minimum Gasteiger partial charge on any atom is -0.449 e. The molecule has 0 spiro atoms. The van der Waals surface area contributed by atoms with Crippen LogP contribution >= 0.6 is 0 Å². The fourth-order valence-corrected chi connectivity index (χ4v) is 3.56. The van der Waals surface area contributed by atoms with Crippen LogP contribution in [0.25, 0.3) is 28.0 Å². The highest BCUT2D eigenvalue weighted by molar-refractivity contribution is 7.90. The lowest BCUT2D eigenvalue weighted by Gasteiger charge is -2.07. The van der Waals surface area contributed by atoms with Crippen LogP contribution in [-0.4, -0.2) is 45.7 Å². The molecule has 152 valence electrons. The molecule has 2 aromatic heterocycles. The van der Waals surface area contributed by atoms with E-state index >= 15 is 0 Å². The van der Waals surface area contributed by atoms with Crippen LogP contribution in [0, 0.1) is 0 Å². The molecule has 0 saturated heterocycles. The molecule has 0 amide bonds. The number of aromatic amines is 1. The molecule has 0 atom stereocenters. The number of carbonyl (C=O) groups is 1. The van der Waals surface area contributed by atoms with Crippen LogP contribution in [0.5, 0.6) is 5.75 Å². The maximum absolute atomic E-state index is 12.6. The first kappa shape index (κ1) is 19.3.